The molecule has 1 aliphatic carbocycles. The molecule has 3 aromatic rings. The molecule has 1 aromatic carbocycles. The molecule has 0 radical (unpaired) electrons. The van der Waals surface area contributed by atoms with E-state index in [2.05, 4.69) is 15.3 Å². The van der Waals surface area contributed by atoms with E-state index in [0.29, 0.717) is 36.3 Å². The third-order valence-electron chi connectivity index (χ3n) is 7.57. The van der Waals surface area contributed by atoms with E-state index in [0.717, 1.165) is 43.5 Å². The van der Waals surface area contributed by atoms with Gasteiger partial charge in [0.15, 0.2) is 0 Å². The van der Waals surface area contributed by atoms with Crippen LogP contribution in [0.25, 0.3) is 5.52 Å². The van der Waals surface area contributed by atoms with Gasteiger partial charge < -0.3 is 19.7 Å². The third kappa shape index (κ3) is 5.12. The molecular weight excluding hydrogens is 475 g/mol. The summed E-state index contributed by atoms with van der Waals surface area (Å²) >= 11 is 0. The minimum absolute atomic E-state index is 0.0136. The van der Waals surface area contributed by atoms with Gasteiger partial charge in [-0.1, -0.05) is 0 Å². The third-order valence-corrected chi connectivity index (χ3v) is 7.57. The topological polar surface area (TPSA) is 85.2 Å². The second kappa shape index (κ2) is 10.8. The quantitative estimate of drug-likeness (QED) is 0.467. The molecule has 0 unspecified atom stereocenters. The number of hydrogen-bond acceptors (Lipinski definition) is 6. The fourth-order valence-electron chi connectivity index (χ4n) is 5.68. The number of benzene rings is 1. The Morgan fingerprint density at radius 1 is 1.14 bits per heavy atom. The molecule has 196 valence electrons. The molecule has 8 nitrogen and oxygen atoms in total. The number of nitrogens with zero attached hydrogens (tertiary/aromatic N) is 3. The number of ether oxygens (including phenoxy) is 2. The average molecular weight is 509 g/mol. The molecule has 0 spiro atoms. The Kier molecular flexibility index (Phi) is 7.30. The number of anilines is 1. The minimum Gasteiger partial charge on any atom is -0.496 e. The maximum Gasteiger partial charge on any atom is 0.308 e. The van der Waals surface area contributed by atoms with Crippen LogP contribution in [-0.4, -0.2) is 47.8 Å². The number of pyridine rings is 1. The van der Waals surface area contributed by atoms with E-state index in [1.54, 1.807) is 30.0 Å². The van der Waals surface area contributed by atoms with Crippen molar-refractivity contribution in [2.24, 2.45) is 5.92 Å². The lowest BCUT2D eigenvalue weighted by molar-refractivity contribution is -0.149. The molecule has 1 saturated carbocycles. The number of hydrogen-bond donors (Lipinski definition) is 1. The molecule has 1 atom stereocenters. The van der Waals surface area contributed by atoms with Crippen LogP contribution in [-0.2, 0) is 9.53 Å². The first-order valence-electron chi connectivity index (χ1n) is 13.0. The predicted octanol–water partition coefficient (Wildman–Crippen LogP) is 4.68. The Labute approximate surface area is 215 Å². The normalized spacial score (nSPS) is 21.7. The van der Waals surface area contributed by atoms with Crippen LogP contribution in [0.1, 0.15) is 67.4 Å². The van der Waals surface area contributed by atoms with Gasteiger partial charge in [0, 0.05) is 30.0 Å². The summed E-state index contributed by atoms with van der Waals surface area (Å²) in [6, 6.07) is 8.57. The summed E-state index contributed by atoms with van der Waals surface area (Å²) in [7, 11) is 1.60. The monoisotopic (exact) mass is 508 g/mol. The molecule has 0 bridgehead atoms. The van der Waals surface area contributed by atoms with Crippen molar-refractivity contribution in [1.29, 1.82) is 0 Å². The van der Waals surface area contributed by atoms with Crippen molar-refractivity contribution < 1.29 is 23.5 Å². The van der Waals surface area contributed by atoms with Gasteiger partial charge in [0.05, 0.1) is 43.0 Å². The molecule has 3 heterocycles. The Balaban J connectivity index is 1.33. The van der Waals surface area contributed by atoms with Crippen molar-refractivity contribution in [2.75, 3.05) is 25.2 Å². The van der Waals surface area contributed by atoms with Gasteiger partial charge in [0.2, 0.25) is 0 Å². The van der Waals surface area contributed by atoms with E-state index in [1.807, 2.05) is 25.3 Å². The van der Waals surface area contributed by atoms with Gasteiger partial charge in [0.1, 0.15) is 11.6 Å². The Morgan fingerprint density at radius 2 is 1.95 bits per heavy atom. The van der Waals surface area contributed by atoms with Crippen LogP contribution in [0.4, 0.5) is 10.1 Å². The van der Waals surface area contributed by atoms with E-state index >= 15 is 0 Å². The van der Waals surface area contributed by atoms with E-state index in [1.165, 1.54) is 6.07 Å². The number of rotatable bonds is 7. The summed E-state index contributed by atoms with van der Waals surface area (Å²) in [6.45, 7) is 3.02. The van der Waals surface area contributed by atoms with Crippen molar-refractivity contribution >= 4 is 23.1 Å². The molecule has 2 aromatic heterocycles. The van der Waals surface area contributed by atoms with Crippen LogP contribution in [0.5, 0.6) is 5.75 Å². The van der Waals surface area contributed by atoms with Gasteiger partial charge in [-0.2, -0.15) is 5.10 Å². The lowest BCUT2D eigenvalue weighted by Crippen LogP contribution is -2.39. The first kappa shape index (κ1) is 25.0. The smallest absolute Gasteiger partial charge is 0.308 e. The van der Waals surface area contributed by atoms with Gasteiger partial charge in [-0.3, -0.25) is 9.59 Å². The number of amides is 1. The SMILES string of the molecule is CCOC(=O)[C@H]1CC[C@H](NC(=O)c2cnn3ccc(N4CCC[C@@H]4c4cc(F)ccc4OC)cc23)CC1. The number of aromatic nitrogens is 2. The molecule has 1 amide bonds. The Hall–Kier alpha value is -3.62. The maximum absolute atomic E-state index is 14.1. The highest BCUT2D eigenvalue weighted by atomic mass is 19.1. The number of nitrogens with one attached hydrogen (secondary N) is 1. The summed E-state index contributed by atoms with van der Waals surface area (Å²) in [5.41, 5.74) is 3.00. The van der Waals surface area contributed by atoms with Crippen LogP contribution in [0.3, 0.4) is 0 Å². The van der Waals surface area contributed by atoms with Gasteiger partial charge in [-0.25, -0.2) is 8.91 Å². The average Bonchev–Trinajstić information content (AvgIpc) is 3.56. The van der Waals surface area contributed by atoms with Crippen LogP contribution in [0.15, 0.2) is 42.7 Å². The number of carbonyl (C=O) groups excluding carboxylic acids is 2. The van der Waals surface area contributed by atoms with Crippen LogP contribution < -0.4 is 15.0 Å². The van der Waals surface area contributed by atoms with Gasteiger partial charge >= 0.3 is 5.97 Å². The maximum atomic E-state index is 14.1. The molecule has 9 heteroatoms. The molecule has 2 aliphatic rings. The molecule has 1 saturated heterocycles. The fourth-order valence-corrected chi connectivity index (χ4v) is 5.68. The van der Waals surface area contributed by atoms with Crippen molar-refractivity contribution in [3.63, 3.8) is 0 Å². The summed E-state index contributed by atoms with van der Waals surface area (Å²) in [4.78, 5) is 27.5. The van der Waals surface area contributed by atoms with Gasteiger partial charge in [-0.05, 0) is 75.8 Å². The van der Waals surface area contributed by atoms with Crippen molar-refractivity contribution in [3.8, 4) is 5.75 Å². The minimum atomic E-state index is -0.288. The Bertz CT molecular complexity index is 1280. The first-order valence-corrected chi connectivity index (χ1v) is 13.0. The standard InChI is InChI=1S/C28H33FN4O4/c1-3-37-28(35)18-6-9-20(10-7-18)31-27(34)23-17-30-33-14-12-21(16-25(23)33)32-13-4-5-24(32)22-15-19(29)8-11-26(22)36-2/h8,11-12,14-18,20,24H,3-7,9-10,13H2,1-2H3,(H,31,34)/t18-,20-,24-/m1/s1. The summed E-state index contributed by atoms with van der Waals surface area (Å²) in [5.74, 6) is -0.0154. The Morgan fingerprint density at radius 3 is 2.70 bits per heavy atom. The summed E-state index contributed by atoms with van der Waals surface area (Å²) in [6.07, 6.45) is 8.20. The number of fused-ring (bicyclic) bond motifs is 1. The molecule has 2 fully saturated rings. The van der Waals surface area contributed by atoms with Crippen LogP contribution >= 0.6 is 0 Å². The fraction of sp³-hybridized carbons (Fsp3) is 0.464. The van der Waals surface area contributed by atoms with E-state index in [-0.39, 0.29) is 35.7 Å². The van der Waals surface area contributed by atoms with E-state index in [9.17, 15) is 14.0 Å². The van der Waals surface area contributed by atoms with Gasteiger partial charge in [-0.15, -0.1) is 0 Å². The lowest BCUT2D eigenvalue weighted by atomic mass is 9.86. The zero-order valence-electron chi connectivity index (χ0n) is 21.3. The van der Waals surface area contributed by atoms with Crippen molar-refractivity contribution in [2.45, 2.75) is 57.5 Å². The summed E-state index contributed by atoms with van der Waals surface area (Å²) < 4.78 is 26.5. The number of carbonyl (C=O) groups is 2. The highest BCUT2D eigenvalue weighted by Gasteiger charge is 2.31. The largest absolute Gasteiger partial charge is 0.496 e. The first-order chi connectivity index (χ1) is 18.0. The number of methoxy groups -OCH3 is 1. The van der Waals surface area contributed by atoms with E-state index < -0.39 is 0 Å². The van der Waals surface area contributed by atoms with Gasteiger partial charge in [0.25, 0.3) is 5.91 Å². The van der Waals surface area contributed by atoms with Crippen LogP contribution in [0.2, 0.25) is 0 Å². The molecule has 1 N–H and O–H groups in total. The number of esters is 1. The van der Waals surface area contributed by atoms with Crippen molar-refractivity contribution in [1.82, 2.24) is 14.9 Å². The molecule has 5 rings (SSSR count). The van der Waals surface area contributed by atoms with E-state index in [4.69, 9.17) is 9.47 Å². The predicted molar refractivity (Wildman–Crippen MR) is 137 cm³/mol. The molecule has 37 heavy (non-hydrogen) atoms. The number of halogens is 1. The van der Waals surface area contributed by atoms with Crippen molar-refractivity contribution in [3.05, 3.63) is 59.7 Å². The summed E-state index contributed by atoms with van der Waals surface area (Å²) in [5, 5.41) is 7.51. The molecular formula is C28H33FN4O4. The zero-order valence-corrected chi connectivity index (χ0v) is 21.3. The zero-order chi connectivity index (χ0) is 25.9. The molecule has 1 aliphatic heterocycles. The highest BCUT2D eigenvalue weighted by Crippen LogP contribution is 2.40. The second-order valence-corrected chi connectivity index (χ2v) is 9.78. The second-order valence-electron chi connectivity index (χ2n) is 9.78. The lowest BCUT2D eigenvalue weighted by Gasteiger charge is -2.28. The van der Waals surface area contributed by atoms with Crippen LogP contribution in [0, 0.1) is 11.7 Å². The highest BCUT2D eigenvalue weighted by molar-refractivity contribution is 6.01.